The molecule has 12 nitrogen and oxygen atoms in total. The van der Waals surface area contributed by atoms with Crippen LogP contribution < -0.4 is 15.4 Å². The summed E-state index contributed by atoms with van der Waals surface area (Å²) in [6.07, 6.45) is 0.762. The van der Waals surface area contributed by atoms with Crippen molar-refractivity contribution >= 4 is 29.7 Å². The fraction of sp³-hybridized carbons (Fsp3) is 0.292. The number of aromatic carboxylic acids is 1. The molecule has 0 aromatic heterocycles. The van der Waals surface area contributed by atoms with Crippen molar-refractivity contribution in [1.29, 1.82) is 0 Å². The lowest BCUT2D eigenvalue weighted by atomic mass is 10.0. The SMILES string of the molecule is COC(=O)c1c(O)cccc1OCCCCNC(=O)C(Cc1cccc(C(=O)O)c1)NC(=O)C(=O)O. The number of amides is 2. The van der Waals surface area contributed by atoms with Crippen LogP contribution in [0.3, 0.4) is 0 Å². The Kier molecular flexibility index (Phi) is 10.2. The number of carbonyl (C=O) groups excluding carboxylic acids is 3. The van der Waals surface area contributed by atoms with E-state index in [-0.39, 0.29) is 42.2 Å². The Morgan fingerprint density at radius 2 is 1.72 bits per heavy atom. The second kappa shape index (κ2) is 13.3. The number of phenols is 1. The van der Waals surface area contributed by atoms with Gasteiger partial charge in [-0.2, -0.15) is 0 Å². The van der Waals surface area contributed by atoms with E-state index in [9.17, 15) is 29.1 Å². The molecule has 2 amide bonds. The first-order chi connectivity index (χ1) is 17.1. The number of carbonyl (C=O) groups is 5. The van der Waals surface area contributed by atoms with Crippen LogP contribution >= 0.6 is 0 Å². The normalized spacial score (nSPS) is 11.1. The van der Waals surface area contributed by atoms with E-state index in [1.165, 1.54) is 43.5 Å². The first-order valence-electron chi connectivity index (χ1n) is 10.8. The monoisotopic (exact) mass is 502 g/mol. The van der Waals surface area contributed by atoms with Gasteiger partial charge in [0, 0.05) is 13.0 Å². The molecule has 1 atom stereocenters. The number of methoxy groups -OCH3 is 1. The first-order valence-corrected chi connectivity index (χ1v) is 10.8. The van der Waals surface area contributed by atoms with Crippen molar-refractivity contribution in [2.24, 2.45) is 0 Å². The van der Waals surface area contributed by atoms with Gasteiger partial charge in [0.25, 0.3) is 0 Å². The van der Waals surface area contributed by atoms with Gasteiger partial charge in [-0.15, -0.1) is 0 Å². The van der Waals surface area contributed by atoms with Gasteiger partial charge in [-0.1, -0.05) is 18.2 Å². The van der Waals surface area contributed by atoms with E-state index in [1.54, 1.807) is 6.07 Å². The third kappa shape index (κ3) is 8.01. The molecule has 0 aliphatic rings. The minimum atomic E-state index is -1.76. The molecule has 0 bridgehead atoms. The summed E-state index contributed by atoms with van der Waals surface area (Å²) in [5, 5.41) is 32.6. The zero-order valence-electron chi connectivity index (χ0n) is 19.4. The van der Waals surface area contributed by atoms with Crippen LogP contribution in [0.25, 0.3) is 0 Å². The van der Waals surface area contributed by atoms with Crippen LogP contribution in [0, 0.1) is 0 Å². The predicted molar refractivity (Wildman–Crippen MR) is 124 cm³/mol. The number of benzene rings is 2. The molecular weight excluding hydrogens is 476 g/mol. The number of hydrogen-bond acceptors (Lipinski definition) is 8. The van der Waals surface area contributed by atoms with E-state index in [1.807, 2.05) is 0 Å². The van der Waals surface area contributed by atoms with E-state index >= 15 is 0 Å². The number of phenolic OH excluding ortho intramolecular Hbond substituents is 1. The zero-order valence-corrected chi connectivity index (χ0v) is 19.4. The number of carboxylic acid groups (broad SMARTS) is 2. The highest BCUT2D eigenvalue weighted by Gasteiger charge is 2.24. The van der Waals surface area contributed by atoms with Gasteiger partial charge in [-0.05, 0) is 42.7 Å². The molecular formula is C24H26N2O10. The Hall–Kier alpha value is -4.61. The first kappa shape index (κ1) is 27.6. The minimum absolute atomic E-state index is 0.0155. The largest absolute Gasteiger partial charge is 0.507 e. The number of ether oxygens (including phenoxy) is 2. The summed E-state index contributed by atoms with van der Waals surface area (Å²) in [7, 11) is 1.18. The molecule has 0 fully saturated rings. The molecule has 0 aliphatic carbocycles. The van der Waals surface area contributed by atoms with Gasteiger partial charge < -0.3 is 35.4 Å². The van der Waals surface area contributed by atoms with Gasteiger partial charge in [0.05, 0.1) is 19.3 Å². The fourth-order valence-electron chi connectivity index (χ4n) is 3.19. The quantitative estimate of drug-likeness (QED) is 0.159. The summed E-state index contributed by atoms with van der Waals surface area (Å²) in [5.41, 5.74) is 0.303. The summed E-state index contributed by atoms with van der Waals surface area (Å²) >= 11 is 0. The zero-order chi connectivity index (χ0) is 26.7. The Labute approximate surface area is 205 Å². The van der Waals surface area contributed by atoms with Crippen LogP contribution in [0.2, 0.25) is 0 Å². The van der Waals surface area contributed by atoms with Crippen LogP contribution in [0.15, 0.2) is 42.5 Å². The van der Waals surface area contributed by atoms with Gasteiger partial charge in [0.15, 0.2) is 0 Å². The molecule has 1 unspecified atom stereocenters. The van der Waals surface area contributed by atoms with Gasteiger partial charge in [0.2, 0.25) is 5.91 Å². The molecule has 0 aliphatic heterocycles. The molecule has 0 spiro atoms. The standard InChI is InChI=1S/C24H26N2O10/c1-35-24(34)19-17(27)8-5-9-18(19)36-11-3-2-10-25-20(28)16(26-21(29)23(32)33)13-14-6-4-7-15(12-14)22(30)31/h4-9,12,16,27H,2-3,10-11,13H2,1H3,(H,25,28)(H,26,29)(H,30,31)(H,32,33). The third-order valence-electron chi connectivity index (χ3n) is 4.95. The van der Waals surface area contributed by atoms with Crippen LogP contribution in [0.5, 0.6) is 11.5 Å². The summed E-state index contributed by atoms with van der Waals surface area (Å²) in [4.78, 5) is 58.2. The van der Waals surface area contributed by atoms with Crippen molar-refractivity contribution in [3.63, 3.8) is 0 Å². The number of aromatic hydroxyl groups is 1. The van der Waals surface area contributed by atoms with E-state index in [2.05, 4.69) is 15.4 Å². The lowest BCUT2D eigenvalue weighted by molar-refractivity contribution is -0.151. The Bertz CT molecular complexity index is 1130. The van der Waals surface area contributed by atoms with Crippen LogP contribution in [-0.2, 0) is 25.5 Å². The van der Waals surface area contributed by atoms with Crippen molar-refractivity contribution in [2.45, 2.75) is 25.3 Å². The van der Waals surface area contributed by atoms with E-state index in [0.717, 1.165) is 0 Å². The topological polar surface area (TPSA) is 189 Å². The Balaban J connectivity index is 1.91. The second-order valence-corrected chi connectivity index (χ2v) is 7.53. The smallest absolute Gasteiger partial charge is 0.394 e. The average Bonchev–Trinajstić information content (AvgIpc) is 2.85. The molecule has 36 heavy (non-hydrogen) atoms. The minimum Gasteiger partial charge on any atom is -0.507 e. The maximum Gasteiger partial charge on any atom is 0.394 e. The lowest BCUT2D eigenvalue weighted by Crippen LogP contribution is -2.50. The molecule has 12 heteroatoms. The van der Waals surface area contributed by atoms with E-state index in [0.29, 0.717) is 18.4 Å². The summed E-state index contributed by atoms with van der Waals surface area (Å²) < 4.78 is 10.2. The predicted octanol–water partition coefficient (Wildman–Crippen LogP) is 0.964. The molecule has 2 rings (SSSR count). The molecule has 0 heterocycles. The van der Waals surface area contributed by atoms with Gasteiger partial charge in [-0.3, -0.25) is 9.59 Å². The van der Waals surface area contributed by atoms with Gasteiger partial charge >= 0.3 is 23.8 Å². The molecule has 5 N–H and O–H groups in total. The highest BCUT2D eigenvalue weighted by atomic mass is 16.5. The molecule has 0 saturated carbocycles. The summed E-state index contributed by atoms with van der Waals surface area (Å²) in [6, 6.07) is 8.82. The Morgan fingerprint density at radius 1 is 1.00 bits per heavy atom. The maximum absolute atomic E-state index is 12.6. The average molecular weight is 502 g/mol. The maximum atomic E-state index is 12.6. The highest BCUT2D eigenvalue weighted by molar-refractivity contribution is 6.32. The summed E-state index contributed by atoms with van der Waals surface area (Å²) in [6.45, 7) is 0.325. The molecule has 2 aromatic rings. The number of hydrogen-bond donors (Lipinski definition) is 5. The number of carboxylic acids is 2. The Morgan fingerprint density at radius 3 is 2.39 bits per heavy atom. The lowest BCUT2D eigenvalue weighted by Gasteiger charge is -2.18. The molecule has 2 aromatic carbocycles. The molecule has 192 valence electrons. The van der Waals surface area contributed by atoms with E-state index < -0.39 is 35.8 Å². The van der Waals surface area contributed by atoms with Crippen molar-refractivity contribution in [2.75, 3.05) is 20.3 Å². The van der Waals surface area contributed by atoms with Crippen LogP contribution in [0.1, 0.15) is 39.1 Å². The number of unbranched alkanes of at least 4 members (excludes halogenated alkanes) is 1. The number of esters is 1. The van der Waals surface area contributed by atoms with Crippen molar-refractivity contribution in [3.05, 3.63) is 59.2 Å². The number of nitrogens with one attached hydrogen (secondary N) is 2. The van der Waals surface area contributed by atoms with Crippen molar-refractivity contribution < 1.29 is 48.8 Å². The van der Waals surface area contributed by atoms with Gasteiger partial charge in [0.1, 0.15) is 23.1 Å². The summed E-state index contributed by atoms with van der Waals surface area (Å²) in [5.74, 6) is -5.83. The van der Waals surface area contributed by atoms with Crippen molar-refractivity contribution in [1.82, 2.24) is 10.6 Å². The van der Waals surface area contributed by atoms with Crippen LogP contribution in [-0.4, -0.2) is 71.3 Å². The van der Waals surface area contributed by atoms with Crippen LogP contribution in [0.4, 0.5) is 0 Å². The number of rotatable bonds is 12. The van der Waals surface area contributed by atoms with E-state index in [4.69, 9.17) is 14.9 Å². The number of aliphatic carboxylic acids is 1. The molecule has 0 radical (unpaired) electrons. The highest BCUT2D eigenvalue weighted by Crippen LogP contribution is 2.28. The fourth-order valence-corrected chi connectivity index (χ4v) is 3.19. The second-order valence-electron chi connectivity index (χ2n) is 7.53. The van der Waals surface area contributed by atoms with Crippen molar-refractivity contribution in [3.8, 4) is 11.5 Å². The third-order valence-corrected chi connectivity index (χ3v) is 4.95. The molecule has 0 saturated heterocycles. The van der Waals surface area contributed by atoms with Gasteiger partial charge in [-0.25, -0.2) is 14.4 Å².